The van der Waals surface area contributed by atoms with Gasteiger partial charge in [0.1, 0.15) is 5.75 Å². The maximum absolute atomic E-state index is 12.3. The molecule has 5 heteroatoms. The molecule has 1 heterocycles. The lowest BCUT2D eigenvalue weighted by Crippen LogP contribution is -2.31. The molecular formula is C14H18N2O3. The Morgan fingerprint density at radius 2 is 2.26 bits per heavy atom. The average molecular weight is 262 g/mol. The van der Waals surface area contributed by atoms with Crippen LogP contribution < -0.4 is 10.1 Å². The summed E-state index contributed by atoms with van der Waals surface area (Å²) in [5.41, 5.74) is 0.955. The molecule has 1 aliphatic heterocycles. The Kier molecular flexibility index (Phi) is 4.04. The van der Waals surface area contributed by atoms with Gasteiger partial charge in [0.25, 0.3) is 11.8 Å². The van der Waals surface area contributed by atoms with Crippen molar-refractivity contribution in [1.29, 1.82) is 0 Å². The first-order chi connectivity index (χ1) is 9.13. The highest BCUT2D eigenvalue weighted by Gasteiger charge is 2.23. The topological polar surface area (TPSA) is 58.6 Å². The quantitative estimate of drug-likeness (QED) is 0.901. The number of unbranched alkanes of at least 4 members (excludes halogenated alkanes) is 1. The molecule has 1 N–H and O–H groups in total. The van der Waals surface area contributed by atoms with Crippen molar-refractivity contribution in [3.8, 4) is 5.75 Å². The number of rotatable bonds is 4. The van der Waals surface area contributed by atoms with Crippen LogP contribution in [0.25, 0.3) is 0 Å². The molecular weight excluding hydrogens is 244 g/mol. The van der Waals surface area contributed by atoms with E-state index in [0.29, 0.717) is 23.5 Å². The third-order valence-corrected chi connectivity index (χ3v) is 3.07. The number of nitrogens with one attached hydrogen (secondary N) is 1. The predicted molar refractivity (Wildman–Crippen MR) is 72.4 cm³/mol. The normalized spacial score (nSPS) is 13.3. The Hall–Kier alpha value is -2.04. The van der Waals surface area contributed by atoms with Crippen molar-refractivity contribution >= 4 is 17.5 Å². The summed E-state index contributed by atoms with van der Waals surface area (Å²) in [4.78, 5) is 25.4. The minimum Gasteiger partial charge on any atom is -0.482 e. The number of anilines is 1. The van der Waals surface area contributed by atoms with E-state index in [1.54, 1.807) is 30.1 Å². The molecule has 0 aliphatic carbocycles. The van der Waals surface area contributed by atoms with Crippen LogP contribution in [-0.2, 0) is 4.79 Å². The van der Waals surface area contributed by atoms with Gasteiger partial charge in [-0.2, -0.15) is 0 Å². The van der Waals surface area contributed by atoms with Gasteiger partial charge in [0.2, 0.25) is 0 Å². The Morgan fingerprint density at radius 3 is 3.00 bits per heavy atom. The summed E-state index contributed by atoms with van der Waals surface area (Å²) in [5.74, 6) is 0.217. The molecule has 2 amide bonds. The molecule has 2 rings (SSSR count). The molecule has 0 spiro atoms. The number of nitrogens with zero attached hydrogens (tertiary/aromatic N) is 1. The van der Waals surface area contributed by atoms with Crippen molar-refractivity contribution in [2.24, 2.45) is 0 Å². The lowest BCUT2D eigenvalue weighted by Gasteiger charge is -2.23. The van der Waals surface area contributed by atoms with Crippen molar-refractivity contribution in [3.63, 3.8) is 0 Å². The van der Waals surface area contributed by atoms with Gasteiger partial charge >= 0.3 is 0 Å². The average Bonchev–Trinajstić information content (AvgIpc) is 2.43. The van der Waals surface area contributed by atoms with Gasteiger partial charge in [0, 0.05) is 13.6 Å². The van der Waals surface area contributed by atoms with Gasteiger partial charge in [0.15, 0.2) is 6.61 Å². The van der Waals surface area contributed by atoms with Crippen molar-refractivity contribution in [2.45, 2.75) is 19.8 Å². The first kappa shape index (κ1) is 13.4. The fourth-order valence-electron chi connectivity index (χ4n) is 1.98. The number of hydrogen-bond donors (Lipinski definition) is 1. The fraction of sp³-hybridized carbons (Fsp3) is 0.429. The molecule has 19 heavy (non-hydrogen) atoms. The summed E-state index contributed by atoms with van der Waals surface area (Å²) in [6.07, 6.45) is 1.99. The van der Waals surface area contributed by atoms with E-state index in [0.717, 1.165) is 12.8 Å². The molecule has 0 aromatic heterocycles. The van der Waals surface area contributed by atoms with Crippen LogP contribution in [0.1, 0.15) is 30.1 Å². The second-order valence-corrected chi connectivity index (χ2v) is 4.60. The van der Waals surface area contributed by atoms with Gasteiger partial charge in [0.05, 0.1) is 11.3 Å². The number of ether oxygens (including phenoxy) is 1. The van der Waals surface area contributed by atoms with E-state index in [2.05, 4.69) is 12.2 Å². The van der Waals surface area contributed by atoms with Crippen molar-refractivity contribution in [2.75, 3.05) is 25.5 Å². The van der Waals surface area contributed by atoms with Crippen LogP contribution in [0.5, 0.6) is 5.75 Å². The van der Waals surface area contributed by atoms with Crippen LogP contribution in [0, 0.1) is 0 Å². The van der Waals surface area contributed by atoms with Crippen LogP contribution in [0.4, 0.5) is 5.69 Å². The summed E-state index contributed by atoms with van der Waals surface area (Å²) >= 11 is 0. The zero-order chi connectivity index (χ0) is 13.8. The Labute approximate surface area is 112 Å². The van der Waals surface area contributed by atoms with Gasteiger partial charge in [-0.3, -0.25) is 9.59 Å². The van der Waals surface area contributed by atoms with Crippen molar-refractivity contribution in [1.82, 2.24) is 4.90 Å². The van der Waals surface area contributed by atoms with E-state index in [1.807, 2.05) is 0 Å². The number of hydrogen-bond acceptors (Lipinski definition) is 3. The van der Waals surface area contributed by atoms with Gasteiger partial charge in [-0.15, -0.1) is 0 Å². The highest BCUT2D eigenvalue weighted by molar-refractivity contribution is 6.06. The van der Waals surface area contributed by atoms with E-state index in [-0.39, 0.29) is 18.4 Å². The molecule has 0 fully saturated rings. The van der Waals surface area contributed by atoms with Crippen LogP contribution >= 0.6 is 0 Å². The van der Waals surface area contributed by atoms with E-state index < -0.39 is 0 Å². The second-order valence-electron chi connectivity index (χ2n) is 4.60. The molecule has 0 radical (unpaired) electrons. The van der Waals surface area contributed by atoms with Crippen molar-refractivity contribution in [3.05, 3.63) is 23.8 Å². The SMILES string of the molecule is CCCCN(C)C(=O)c1cccc2c1NC(=O)CO2. The van der Waals surface area contributed by atoms with Gasteiger partial charge in [-0.05, 0) is 18.6 Å². The number of para-hydroxylation sites is 1. The summed E-state index contributed by atoms with van der Waals surface area (Å²) < 4.78 is 5.30. The molecule has 102 valence electrons. The Balaban J connectivity index is 2.25. The first-order valence-electron chi connectivity index (χ1n) is 6.44. The summed E-state index contributed by atoms with van der Waals surface area (Å²) in [5, 5.41) is 2.71. The van der Waals surface area contributed by atoms with Crippen LogP contribution in [0.2, 0.25) is 0 Å². The lowest BCUT2D eigenvalue weighted by molar-refractivity contribution is -0.118. The lowest BCUT2D eigenvalue weighted by atomic mass is 10.1. The molecule has 0 saturated carbocycles. The standard InChI is InChI=1S/C14H18N2O3/c1-3-4-8-16(2)14(18)10-6-5-7-11-13(10)15-12(17)9-19-11/h5-7H,3-4,8-9H2,1-2H3,(H,15,17). The monoisotopic (exact) mass is 262 g/mol. The van der Waals surface area contributed by atoms with Crippen LogP contribution in [-0.4, -0.2) is 36.9 Å². The third-order valence-electron chi connectivity index (χ3n) is 3.07. The molecule has 1 aromatic carbocycles. The highest BCUT2D eigenvalue weighted by atomic mass is 16.5. The molecule has 1 aliphatic rings. The fourth-order valence-corrected chi connectivity index (χ4v) is 1.98. The maximum atomic E-state index is 12.3. The number of amides is 2. The largest absolute Gasteiger partial charge is 0.482 e. The minimum atomic E-state index is -0.232. The van der Waals surface area contributed by atoms with E-state index >= 15 is 0 Å². The first-order valence-corrected chi connectivity index (χ1v) is 6.44. The predicted octanol–water partition coefficient (Wildman–Crippen LogP) is 1.89. The number of carbonyl (C=O) groups excluding carboxylic acids is 2. The molecule has 0 unspecified atom stereocenters. The molecule has 0 bridgehead atoms. The number of benzene rings is 1. The van der Waals surface area contributed by atoms with Gasteiger partial charge in [-0.1, -0.05) is 19.4 Å². The second kappa shape index (κ2) is 5.73. The zero-order valence-electron chi connectivity index (χ0n) is 11.2. The summed E-state index contributed by atoms with van der Waals surface area (Å²) in [6, 6.07) is 5.22. The Morgan fingerprint density at radius 1 is 1.47 bits per heavy atom. The highest BCUT2D eigenvalue weighted by Crippen LogP contribution is 2.31. The molecule has 0 saturated heterocycles. The van der Waals surface area contributed by atoms with E-state index in [9.17, 15) is 9.59 Å². The van der Waals surface area contributed by atoms with Crippen LogP contribution in [0.3, 0.4) is 0 Å². The minimum absolute atomic E-state index is 0.00365. The Bertz CT molecular complexity index is 499. The molecule has 5 nitrogen and oxygen atoms in total. The van der Waals surface area contributed by atoms with Crippen molar-refractivity contribution < 1.29 is 14.3 Å². The van der Waals surface area contributed by atoms with Gasteiger partial charge in [-0.25, -0.2) is 0 Å². The van der Waals surface area contributed by atoms with E-state index in [1.165, 1.54) is 0 Å². The summed E-state index contributed by atoms with van der Waals surface area (Å²) in [6.45, 7) is 2.78. The zero-order valence-corrected chi connectivity index (χ0v) is 11.2. The maximum Gasteiger partial charge on any atom is 0.262 e. The van der Waals surface area contributed by atoms with Gasteiger partial charge < -0.3 is 15.0 Å². The van der Waals surface area contributed by atoms with E-state index in [4.69, 9.17) is 4.74 Å². The summed E-state index contributed by atoms with van der Waals surface area (Å²) in [7, 11) is 1.77. The number of fused-ring (bicyclic) bond motifs is 1. The number of carbonyl (C=O) groups is 2. The molecule has 0 atom stereocenters. The third kappa shape index (κ3) is 2.86. The molecule has 1 aromatic rings. The van der Waals surface area contributed by atoms with Crippen LogP contribution in [0.15, 0.2) is 18.2 Å². The smallest absolute Gasteiger partial charge is 0.262 e.